The molecule has 4 nitrogen and oxygen atoms in total. The average molecular weight is 353 g/mol. The summed E-state index contributed by atoms with van der Waals surface area (Å²) in [6.45, 7) is 13.9. The Balaban J connectivity index is 2.62. The highest BCUT2D eigenvalue weighted by Crippen LogP contribution is 2.34. The molecule has 1 heterocycles. The van der Waals surface area contributed by atoms with Crippen molar-refractivity contribution in [1.82, 2.24) is 0 Å². The van der Waals surface area contributed by atoms with E-state index < -0.39 is 6.10 Å². The van der Waals surface area contributed by atoms with Crippen LogP contribution in [0.4, 0.5) is 0 Å². The second kappa shape index (κ2) is 9.51. The number of ether oxygens (including phenoxy) is 1. The van der Waals surface area contributed by atoms with Gasteiger partial charge in [-0.15, -0.1) is 0 Å². The molecule has 0 amide bonds. The maximum Gasteiger partial charge on any atom is 0.313 e. The SMILES string of the molecule is CC[C@H](C)[C@H](O)[C@H](C)C(=O)[C@H](C)/C=C(\C)C[C@H](C)[C@H]1OC(=O)[C@@H]1CC. The van der Waals surface area contributed by atoms with E-state index in [1.165, 1.54) is 0 Å². The number of hydrogen-bond acceptors (Lipinski definition) is 4. The molecule has 0 aromatic carbocycles. The Bertz CT molecular complexity index is 496. The van der Waals surface area contributed by atoms with E-state index >= 15 is 0 Å². The van der Waals surface area contributed by atoms with Gasteiger partial charge in [0.15, 0.2) is 0 Å². The summed E-state index contributed by atoms with van der Waals surface area (Å²) in [4.78, 5) is 24.0. The number of aliphatic hydroxyl groups excluding tert-OH is 1. The predicted octanol–water partition coefficient (Wildman–Crippen LogP) is 4.16. The summed E-state index contributed by atoms with van der Waals surface area (Å²) < 4.78 is 5.30. The quantitative estimate of drug-likeness (QED) is 0.474. The number of hydrogen-bond donors (Lipinski definition) is 1. The number of cyclic esters (lactones) is 1. The molecule has 0 unspecified atom stereocenters. The van der Waals surface area contributed by atoms with Gasteiger partial charge in [0.25, 0.3) is 0 Å². The third-order valence-electron chi connectivity index (χ3n) is 5.77. The molecular weight excluding hydrogens is 316 g/mol. The average Bonchev–Trinajstić information content (AvgIpc) is 2.56. The second-order valence-electron chi connectivity index (χ2n) is 7.97. The molecule has 0 bridgehead atoms. The van der Waals surface area contributed by atoms with Gasteiger partial charge in [0.2, 0.25) is 0 Å². The van der Waals surface area contributed by atoms with E-state index in [-0.39, 0.29) is 47.4 Å². The first kappa shape index (κ1) is 21.9. The zero-order chi connectivity index (χ0) is 19.3. The van der Waals surface area contributed by atoms with Crippen molar-refractivity contribution in [2.45, 2.75) is 79.9 Å². The number of esters is 1. The summed E-state index contributed by atoms with van der Waals surface area (Å²) >= 11 is 0. The van der Waals surface area contributed by atoms with Gasteiger partial charge < -0.3 is 9.84 Å². The number of allylic oxidation sites excluding steroid dienone is 2. The normalized spacial score (nSPS) is 26.9. The van der Waals surface area contributed by atoms with Gasteiger partial charge in [-0.2, -0.15) is 0 Å². The molecule has 0 saturated carbocycles. The van der Waals surface area contributed by atoms with Gasteiger partial charge in [0.1, 0.15) is 11.9 Å². The van der Waals surface area contributed by atoms with Crippen molar-refractivity contribution in [3.63, 3.8) is 0 Å². The third kappa shape index (κ3) is 5.40. The van der Waals surface area contributed by atoms with E-state index in [2.05, 4.69) is 6.92 Å². The van der Waals surface area contributed by atoms with Gasteiger partial charge in [0.05, 0.1) is 12.0 Å². The summed E-state index contributed by atoms with van der Waals surface area (Å²) in [6, 6.07) is 0. The molecule has 1 fully saturated rings. The van der Waals surface area contributed by atoms with Gasteiger partial charge in [-0.05, 0) is 31.6 Å². The molecule has 144 valence electrons. The van der Waals surface area contributed by atoms with Crippen LogP contribution in [0, 0.1) is 29.6 Å². The van der Waals surface area contributed by atoms with Crippen LogP contribution in [0.5, 0.6) is 0 Å². The molecule has 1 aliphatic heterocycles. The van der Waals surface area contributed by atoms with Crippen LogP contribution in [0.2, 0.25) is 0 Å². The fourth-order valence-corrected chi connectivity index (χ4v) is 3.80. The molecule has 4 heteroatoms. The highest BCUT2D eigenvalue weighted by Gasteiger charge is 2.43. The van der Waals surface area contributed by atoms with Crippen LogP contribution in [0.25, 0.3) is 0 Å². The Morgan fingerprint density at radius 2 is 1.84 bits per heavy atom. The van der Waals surface area contributed by atoms with Crippen molar-refractivity contribution in [3.8, 4) is 0 Å². The maximum atomic E-state index is 12.6. The summed E-state index contributed by atoms with van der Waals surface area (Å²) in [5.74, 6) is -0.179. The number of carbonyl (C=O) groups is 2. The molecule has 1 N–H and O–H groups in total. The zero-order valence-corrected chi connectivity index (χ0v) is 16.9. The van der Waals surface area contributed by atoms with Crippen LogP contribution >= 0.6 is 0 Å². The number of rotatable bonds is 10. The van der Waals surface area contributed by atoms with E-state index in [4.69, 9.17) is 4.74 Å². The number of carbonyl (C=O) groups excluding carboxylic acids is 2. The molecule has 0 aromatic rings. The molecule has 1 aliphatic rings. The fraction of sp³-hybridized carbons (Fsp3) is 0.810. The standard InChI is InChI=1S/C21H36O4/c1-8-13(4)18(22)16(7)19(23)14(5)10-12(3)11-15(6)20-17(9-2)21(24)25-20/h10,13-18,20,22H,8-9,11H2,1-7H3/b12-10+/t13-,14+,15-,16-,17+,18-,20+/m0/s1. The second-order valence-corrected chi connectivity index (χ2v) is 7.97. The van der Waals surface area contributed by atoms with Crippen LogP contribution in [0.15, 0.2) is 11.6 Å². The summed E-state index contributed by atoms with van der Waals surface area (Å²) in [7, 11) is 0. The van der Waals surface area contributed by atoms with E-state index in [1.54, 1.807) is 0 Å². The van der Waals surface area contributed by atoms with Crippen LogP contribution in [-0.4, -0.2) is 29.1 Å². The number of ketones is 1. The minimum atomic E-state index is -0.590. The first-order chi connectivity index (χ1) is 11.6. The molecule has 25 heavy (non-hydrogen) atoms. The molecule has 1 rings (SSSR count). The van der Waals surface area contributed by atoms with Gasteiger partial charge in [0, 0.05) is 11.8 Å². The molecule has 0 radical (unpaired) electrons. The largest absolute Gasteiger partial charge is 0.461 e. The summed E-state index contributed by atoms with van der Waals surface area (Å²) in [6.07, 6.45) is 3.90. The van der Waals surface area contributed by atoms with Crippen LogP contribution < -0.4 is 0 Å². The van der Waals surface area contributed by atoms with Gasteiger partial charge >= 0.3 is 5.97 Å². The molecule has 0 aromatic heterocycles. The van der Waals surface area contributed by atoms with E-state index in [0.717, 1.165) is 24.8 Å². The minimum absolute atomic E-state index is 0.00185. The molecule has 1 saturated heterocycles. The lowest BCUT2D eigenvalue weighted by Crippen LogP contribution is -2.48. The number of aliphatic hydroxyl groups is 1. The van der Waals surface area contributed by atoms with Crippen molar-refractivity contribution in [1.29, 1.82) is 0 Å². The maximum absolute atomic E-state index is 12.6. The minimum Gasteiger partial charge on any atom is -0.461 e. The topological polar surface area (TPSA) is 63.6 Å². The smallest absolute Gasteiger partial charge is 0.313 e. The Morgan fingerprint density at radius 1 is 1.24 bits per heavy atom. The lowest BCUT2D eigenvalue weighted by atomic mass is 9.81. The van der Waals surface area contributed by atoms with E-state index in [9.17, 15) is 14.7 Å². The van der Waals surface area contributed by atoms with Crippen molar-refractivity contribution < 1.29 is 19.4 Å². The fourth-order valence-electron chi connectivity index (χ4n) is 3.80. The summed E-state index contributed by atoms with van der Waals surface area (Å²) in [5, 5.41) is 10.3. The van der Waals surface area contributed by atoms with Gasteiger partial charge in [-0.25, -0.2) is 0 Å². The Hall–Kier alpha value is -1.16. The molecule has 0 spiro atoms. The van der Waals surface area contributed by atoms with Crippen molar-refractivity contribution in [2.75, 3.05) is 0 Å². The van der Waals surface area contributed by atoms with E-state index in [1.807, 2.05) is 47.6 Å². The van der Waals surface area contributed by atoms with Crippen molar-refractivity contribution in [2.24, 2.45) is 29.6 Å². The Labute approximate surface area is 153 Å². The lowest BCUT2D eigenvalue weighted by molar-refractivity contribution is -0.191. The Morgan fingerprint density at radius 3 is 2.32 bits per heavy atom. The van der Waals surface area contributed by atoms with Gasteiger partial charge in [-0.1, -0.05) is 59.6 Å². The highest BCUT2D eigenvalue weighted by atomic mass is 16.6. The van der Waals surface area contributed by atoms with Crippen molar-refractivity contribution >= 4 is 11.8 Å². The third-order valence-corrected chi connectivity index (χ3v) is 5.77. The van der Waals surface area contributed by atoms with Crippen LogP contribution in [0.1, 0.15) is 67.7 Å². The zero-order valence-electron chi connectivity index (χ0n) is 16.9. The van der Waals surface area contributed by atoms with Crippen LogP contribution in [0.3, 0.4) is 0 Å². The molecule has 7 atom stereocenters. The molecule has 0 aliphatic carbocycles. The highest BCUT2D eigenvalue weighted by molar-refractivity contribution is 5.85. The molecular formula is C21H36O4. The first-order valence-electron chi connectivity index (χ1n) is 9.73. The predicted molar refractivity (Wildman–Crippen MR) is 100.0 cm³/mol. The lowest BCUT2D eigenvalue weighted by Gasteiger charge is -2.38. The van der Waals surface area contributed by atoms with E-state index in [0.29, 0.717) is 0 Å². The van der Waals surface area contributed by atoms with Crippen LogP contribution in [-0.2, 0) is 14.3 Å². The summed E-state index contributed by atoms with van der Waals surface area (Å²) in [5.41, 5.74) is 1.14. The number of Topliss-reactive ketones (excluding diaryl/α,β-unsaturated/α-hetero) is 1. The van der Waals surface area contributed by atoms with Crippen molar-refractivity contribution in [3.05, 3.63) is 11.6 Å². The monoisotopic (exact) mass is 352 g/mol. The Kier molecular flexibility index (Phi) is 8.33. The van der Waals surface area contributed by atoms with Gasteiger partial charge in [-0.3, -0.25) is 9.59 Å². The first-order valence-corrected chi connectivity index (χ1v) is 9.73.